The van der Waals surface area contributed by atoms with Gasteiger partial charge in [-0.25, -0.2) is 9.37 Å². The molecule has 3 aromatic rings. The van der Waals surface area contributed by atoms with Crippen LogP contribution in [0.2, 0.25) is 0 Å². The molecule has 2 aromatic carbocycles. The van der Waals surface area contributed by atoms with Crippen LogP contribution in [0.25, 0.3) is 16.7 Å². The Morgan fingerprint density at radius 3 is 2.76 bits per heavy atom. The predicted octanol–water partition coefficient (Wildman–Crippen LogP) is 4.38. The van der Waals surface area contributed by atoms with Crippen LogP contribution >= 0.6 is 34.2 Å². The predicted molar refractivity (Wildman–Crippen MR) is 88.0 cm³/mol. The summed E-state index contributed by atoms with van der Waals surface area (Å²) in [4.78, 5) is 4.45. The second-order valence-corrected chi connectivity index (χ2v) is 5.92. The molecule has 0 radical (unpaired) electrons. The van der Waals surface area contributed by atoms with E-state index in [9.17, 15) is 4.39 Å². The van der Waals surface area contributed by atoms with Crippen molar-refractivity contribution >= 4 is 45.2 Å². The van der Waals surface area contributed by atoms with Crippen molar-refractivity contribution in [2.75, 3.05) is 0 Å². The molecule has 0 saturated heterocycles. The van der Waals surface area contributed by atoms with Gasteiger partial charge in [0.05, 0.1) is 34.2 Å². The standard InChI is InChI=1S/C15H8ClFIN3/c16-7-15-20-12-6-10(18)2-4-14(12)21(15)13-3-1-9(8-19)5-11(13)17/h1-6H,7H2. The maximum absolute atomic E-state index is 14.3. The summed E-state index contributed by atoms with van der Waals surface area (Å²) in [6.07, 6.45) is 0. The van der Waals surface area contributed by atoms with Gasteiger partial charge in [-0.2, -0.15) is 5.26 Å². The van der Waals surface area contributed by atoms with Crippen LogP contribution in [0, 0.1) is 20.7 Å². The van der Waals surface area contributed by atoms with Crippen molar-refractivity contribution in [1.82, 2.24) is 9.55 Å². The number of halogens is 3. The molecule has 0 atom stereocenters. The van der Waals surface area contributed by atoms with Gasteiger partial charge in [0.2, 0.25) is 0 Å². The Labute approximate surface area is 139 Å². The molecule has 0 unspecified atom stereocenters. The lowest BCUT2D eigenvalue weighted by atomic mass is 10.2. The number of fused-ring (bicyclic) bond motifs is 1. The molecule has 0 amide bonds. The van der Waals surface area contributed by atoms with Gasteiger partial charge < -0.3 is 0 Å². The van der Waals surface area contributed by atoms with E-state index < -0.39 is 5.82 Å². The number of nitrogens with zero attached hydrogens (tertiary/aromatic N) is 3. The number of rotatable bonds is 2. The molecule has 0 bridgehead atoms. The Hall–Kier alpha value is -1.65. The van der Waals surface area contributed by atoms with Crippen molar-refractivity contribution in [1.29, 1.82) is 5.26 Å². The first-order chi connectivity index (χ1) is 10.1. The molecule has 1 aromatic heterocycles. The zero-order valence-electron chi connectivity index (χ0n) is 10.6. The number of benzene rings is 2. The van der Waals surface area contributed by atoms with Crippen LogP contribution in [-0.4, -0.2) is 9.55 Å². The van der Waals surface area contributed by atoms with Gasteiger partial charge in [0.15, 0.2) is 0 Å². The number of imidazole rings is 1. The Morgan fingerprint density at radius 1 is 1.29 bits per heavy atom. The number of hydrogen-bond donors (Lipinski definition) is 0. The SMILES string of the molecule is N#Cc1ccc(-n2c(CCl)nc3cc(I)ccc32)c(F)c1. The zero-order valence-corrected chi connectivity index (χ0v) is 13.6. The second-order valence-electron chi connectivity index (χ2n) is 4.41. The van der Waals surface area contributed by atoms with Gasteiger partial charge in [0, 0.05) is 3.57 Å². The van der Waals surface area contributed by atoms with E-state index in [4.69, 9.17) is 16.9 Å². The summed E-state index contributed by atoms with van der Waals surface area (Å²) in [6.45, 7) is 0. The average molecular weight is 412 g/mol. The summed E-state index contributed by atoms with van der Waals surface area (Å²) in [7, 11) is 0. The van der Waals surface area contributed by atoms with E-state index in [1.165, 1.54) is 6.07 Å². The van der Waals surface area contributed by atoms with Crippen molar-refractivity contribution in [2.45, 2.75) is 5.88 Å². The highest BCUT2D eigenvalue weighted by atomic mass is 127. The van der Waals surface area contributed by atoms with Crippen molar-refractivity contribution in [2.24, 2.45) is 0 Å². The van der Waals surface area contributed by atoms with Gasteiger partial charge in [-0.05, 0) is 59.0 Å². The molecule has 3 rings (SSSR count). The molecule has 6 heteroatoms. The van der Waals surface area contributed by atoms with Gasteiger partial charge in [-0.1, -0.05) is 0 Å². The number of nitriles is 1. The smallest absolute Gasteiger partial charge is 0.148 e. The molecule has 0 aliphatic heterocycles. The van der Waals surface area contributed by atoms with Crippen molar-refractivity contribution in [3.05, 3.63) is 57.2 Å². The monoisotopic (exact) mass is 411 g/mol. The lowest BCUT2D eigenvalue weighted by Crippen LogP contribution is -2.02. The molecular weight excluding hydrogens is 404 g/mol. The van der Waals surface area contributed by atoms with Crippen LogP contribution in [0.15, 0.2) is 36.4 Å². The molecule has 0 aliphatic carbocycles. The first-order valence-corrected chi connectivity index (χ1v) is 7.68. The maximum atomic E-state index is 14.3. The van der Waals surface area contributed by atoms with Crippen LogP contribution in [0.5, 0.6) is 0 Å². The van der Waals surface area contributed by atoms with Crippen LogP contribution in [0.3, 0.4) is 0 Å². The molecule has 1 heterocycles. The molecular formula is C15H8ClFIN3. The van der Waals surface area contributed by atoms with E-state index in [1.807, 2.05) is 24.3 Å². The minimum Gasteiger partial charge on any atom is -0.292 e. The molecule has 3 nitrogen and oxygen atoms in total. The zero-order chi connectivity index (χ0) is 15.0. The highest BCUT2D eigenvalue weighted by Gasteiger charge is 2.15. The van der Waals surface area contributed by atoms with Gasteiger partial charge in [0.1, 0.15) is 11.6 Å². The minimum atomic E-state index is -0.474. The topological polar surface area (TPSA) is 41.6 Å². The first kappa shape index (κ1) is 14.3. The molecule has 0 N–H and O–H groups in total. The number of alkyl halides is 1. The maximum Gasteiger partial charge on any atom is 0.148 e. The van der Waals surface area contributed by atoms with Crippen LogP contribution in [0.4, 0.5) is 4.39 Å². The van der Waals surface area contributed by atoms with E-state index in [-0.39, 0.29) is 11.4 Å². The van der Waals surface area contributed by atoms with Crippen LogP contribution < -0.4 is 0 Å². The van der Waals surface area contributed by atoms with E-state index in [0.29, 0.717) is 11.5 Å². The molecule has 0 aliphatic rings. The van der Waals surface area contributed by atoms with Gasteiger partial charge in [-0.15, -0.1) is 11.6 Å². The third-order valence-electron chi connectivity index (χ3n) is 3.12. The number of hydrogen-bond acceptors (Lipinski definition) is 2. The third kappa shape index (κ3) is 2.49. The summed E-state index contributed by atoms with van der Waals surface area (Å²) in [5, 5.41) is 8.83. The third-order valence-corrected chi connectivity index (χ3v) is 4.03. The lowest BCUT2D eigenvalue weighted by molar-refractivity contribution is 0.617. The lowest BCUT2D eigenvalue weighted by Gasteiger charge is -2.09. The van der Waals surface area contributed by atoms with E-state index in [1.54, 1.807) is 16.7 Å². The molecule has 21 heavy (non-hydrogen) atoms. The van der Waals surface area contributed by atoms with Gasteiger partial charge in [0.25, 0.3) is 0 Å². The minimum absolute atomic E-state index is 0.171. The summed E-state index contributed by atoms with van der Waals surface area (Å²) >= 11 is 8.14. The molecule has 0 fully saturated rings. The van der Waals surface area contributed by atoms with Crippen molar-refractivity contribution < 1.29 is 4.39 Å². The summed E-state index contributed by atoms with van der Waals surface area (Å²) in [5.74, 6) is 0.264. The van der Waals surface area contributed by atoms with E-state index in [0.717, 1.165) is 14.6 Å². The first-order valence-electron chi connectivity index (χ1n) is 6.07. The Kier molecular flexibility index (Phi) is 3.83. The fourth-order valence-corrected chi connectivity index (χ4v) is 2.87. The fraction of sp³-hybridized carbons (Fsp3) is 0.0667. The highest BCUT2D eigenvalue weighted by Crippen LogP contribution is 2.26. The van der Waals surface area contributed by atoms with Crippen LogP contribution in [-0.2, 0) is 5.88 Å². The van der Waals surface area contributed by atoms with Gasteiger partial charge in [-0.3, -0.25) is 4.57 Å². The Morgan fingerprint density at radius 2 is 2.10 bits per heavy atom. The van der Waals surface area contributed by atoms with Crippen LogP contribution in [0.1, 0.15) is 11.4 Å². The summed E-state index contributed by atoms with van der Waals surface area (Å²) in [5.41, 5.74) is 2.17. The van der Waals surface area contributed by atoms with Crippen molar-refractivity contribution in [3.8, 4) is 11.8 Å². The number of aromatic nitrogens is 2. The molecule has 104 valence electrons. The normalized spacial score (nSPS) is 10.8. The van der Waals surface area contributed by atoms with Gasteiger partial charge >= 0.3 is 0 Å². The Balaban J connectivity index is 2.31. The van der Waals surface area contributed by atoms with E-state index >= 15 is 0 Å². The fourth-order valence-electron chi connectivity index (χ4n) is 2.22. The summed E-state index contributed by atoms with van der Waals surface area (Å²) < 4.78 is 17.0. The Bertz CT molecular complexity index is 882. The molecule has 0 spiro atoms. The summed E-state index contributed by atoms with van der Waals surface area (Å²) in [6, 6.07) is 12.0. The highest BCUT2D eigenvalue weighted by molar-refractivity contribution is 14.1. The van der Waals surface area contributed by atoms with E-state index in [2.05, 4.69) is 27.6 Å². The second kappa shape index (κ2) is 5.62. The largest absolute Gasteiger partial charge is 0.292 e. The molecule has 0 saturated carbocycles. The average Bonchev–Trinajstić information content (AvgIpc) is 2.84. The quantitative estimate of drug-likeness (QED) is 0.464. The van der Waals surface area contributed by atoms with Crippen molar-refractivity contribution in [3.63, 3.8) is 0 Å².